The summed E-state index contributed by atoms with van der Waals surface area (Å²) in [5.74, 6) is 0.697. The molecule has 106 valence electrons. The lowest BCUT2D eigenvalue weighted by atomic mass is 10.3. The molecular weight excluding hydrogens is 294 g/mol. The minimum Gasteiger partial charge on any atom is -0.481 e. The second kappa shape index (κ2) is 5.57. The molecule has 0 amide bonds. The first-order chi connectivity index (χ1) is 9.63. The van der Waals surface area contributed by atoms with Gasteiger partial charge in [-0.3, -0.25) is 4.79 Å². The highest BCUT2D eigenvalue weighted by Gasteiger charge is 2.30. The molecule has 3 rings (SSSR count). The summed E-state index contributed by atoms with van der Waals surface area (Å²) < 4.78 is 2.08. The number of aliphatic carboxylic acids is 1. The molecule has 20 heavy (non-hydrogen) atoms. The maximum atomic E-state index is 10.7. The molecule has 0 radical (unpaired) electrons. The highest BCUT2D eigenvalue weighted by molar-refractivity contribution is 7.99. The molecule has 1 aliphatic rings. The molecule has 0 unspecified atom stereocenters. The van der Waals surface area contributed by atoms with Gasteiger partial charge in [0.15, 0.2) is 5.16 Å². The molecule has 5 nitrogen and oxygen atoms in total. The van der Waals surface area contributed by atoms with Crippen molar-refractivity contribution >= 4 is 29.1 Å². The average molecular weight is 309 g/mol. The standard InChI is InChI=1S/C13H15N3O2S2/c1-8-2-5-10(20-8)6-16-12(9-3-4-9)14-15-13(16)19-7-11(17)18/h2,5,9H,3-4,6-7H2,1H3,(H,17,18). The van der Waals surface area contributed by atoms with Crippen LogP contribution in [0.3, 0.4) is 0 Å². The molecule has 2 heterocycles. The van der Waals surface area contributed by atoms with Crippen molar-refractivity contribution in [2.45, 2.75) is 37.4 Å². The second-order valence-electron chi connectivity index (χ2n) is 4.90. The maximum absolute atomic E-state index is 10.7. The number of aryl methyl sites for hydroxylation is 1. The van der Waals surface area contributed by atoms with E-state index in [4.69, 9.17) is 5.11 Å². The van der Waals surface area contributed by atoms with E-state index in [0.717, 1.165) is 25.2 Å². The summed E-state index contributed by atoms with van der Waals surface area (Å²) >= 11 is 3.00. The van der Waals surface area contributed by atoms with Crippen molar-refractivity contribution in [2.75, 3.05) is 5.75 Å². The zero-order valence-electron chi connectivity index (χ0n) is 11.1. The number of nitrogens with zero attached hydrogens (tertiary/aromatic N) is 3. The lowest BCUT2D eigenvalue weighted by Crippen LogP contribution is -2.06. The smallest absolute Gasteiger partial charge is 0.313 e. The van der Waals surface area contributed by atoms with Crippen molar-refractivity contribution in [1.29, 1.82) is 0 Å². The molecule has 0 bridgehead atoms. The third kappa shape index (κ3) is 3.04. The fourth-order valence-corrected chi connectivity index (χ4v) is 3.60. The number of hydrogen-bond acceptors (Lipinski definition) is 5. The first-order valence-electron chi connectivity index (χ1n) is 6.46. The van der Waals surface area contributed by atoms with Gasteiger partial charge in [0, 0.05) is 15.7 Å². The summed E-state index contributed by atoms with van der Waals surface area (Å²) in [4.78, 5) is 13.3. The summed E-state index contributed by atoms with van der Waals surface area (Å²) in [7, 11) is 0. The molecule has 1 N–H and O–H groups in total. The monoisotopic (exact) mass is 309 g/mol. The van der Waals surface area contributed by atoms with Crippen LogP contribution in [-0.4, -0.2) is 31.6 Å². The van der Waals surface area contributed by atoms with E-state index >= 15 is 0 Å². The predicted molar refractivity (Wildman–Crippen MR) is 78.5 cm³/mol. The fraction of sp³-hybridized carbons (Fsp3) is 0.462. The van der Waals surface area contributed by atoms with Gasteiger partial charge in [0.25, 0.3) is 0 Å². The number of carbonyl (C=O) groups is 1. The molecule has 1 aliphatic carbocycles. The molecule has 2 aromatic heterocycles. The van der Waals surface area contributed by atoms with Gasteiger partial charge >= 0.3 is 5.97 Å². The van der Waals surface area contributed by atoms with Crippen LogP contribution < -0.4 is 0 Å². The van der Waals surface area contributed by atoms with Crippen LogP contribution in [0, 0.1) is 6.92 Å². The maximum Gasteiger partial charge on any atom is 0.313 e. The Labute approximate surface area is 125 Å². The van der Waals surface area contributed by atoms with E-state index in [1.807, 2.05) is 0 Å². The van der Waals surface area contributed by atoms with Gasteiger partial charge in [-0.25, -0.2) is 0 Å². The molecular formula is C13H15N3O2S2. The van der Waals surface area contributed by atoms with Crippen molar-refractivity contribution in [3.8, 4) is 0 Å². The Bertz CT molecular complexity index is 631. The van der Waals surface area contributed by atoms with E-state index in [1.165, 1.54) is 21.5 Å². The Kier molecular flexibility index (Phi) is 3.80. The lowest BCUT2D eigenvalue weighted by Gasteiger charge is -2.07. The van der Waals surface area contributed by atoms with E-state index in [2.05, 4.69) is 33.8 Å². The zero-order chi connectivity index (χ0) is 14.1. The second-order valence-corrected chi connectivity index (χ2v) is 7.21. The highest BCUT2D eigenvalue weighted by Crippen LogP contribution is 2.40. The van der Waals surface area contributed by atoms with Crippen LogP contribution in [0.4, 0.5) is 0 Å². The molecule has 0 spiro atoms. The Morgan fingerprint density at radius 1 is 1.50 bits per heavy atom. The number of aromatic nitrogens is 3. The molecule has 0 atom stereocenters. The molecule has 2 aromatic rings. The van der Waals surface area contributed by atoms with Crippen molar-refractivity contribution in [1.82, 2.24) is 14.8 Å². The van der Waals surface area contributed by atoms with E-state index in [1.54, 1.807) is 11.3 Å². The van der Waals surface area contributed by atoms with Gasteiger partial charge in [-0.1, -0.05) is 11.8 Å². The number of hydrogen-bond donors (Lipinski definition) is 1. The van der Waals surface area contributed by atoms with Gasteiger partial charge in [-0.15, -0.1) is 21.5 Å². The van der Waals surface area contributed by atoms with Gasteiger partial charge in [0.05, 0.1) is 12.3 Å². The quantitative estimate of drug-likeness (QED) is 0.831. The molecule has 0 aliphatic heterocycles. The summed E-state index contributed by atoms with van der Waals surface area (Å²) in [6.07, 6.45) is 2.32. The summed E-state index contributed by atoms with van der Waals surface area (Å²) in [6.45, 7) is 2.82. The van der Waals surface area contributed by atoms with E-state index < -0.39 is 5.97 Å². The van der Waals surface area contributed by atoms with Gasteiger partial charge in [-0.2, -0.15) is 0 Å². The lowest BCUT2D eigenvalue weighted by molar-refractivity contribution is -0.133. The number of carboxylic acids is 1. The van der Waals surface area contributed by atoms with E-state index in [-0.39, 0.29) is 5.75 Å². The molecule has 1 fully saturated rings. The van der Waals surface area contributed by atoms with Crippen LogP contribution >= 0.6 is 23.1 Å². The number of thiophene rings is 1. The first-order valence-corrected chi connectivity index (χ1v) is 8.26. The topological polar surface area (TPSA) is 68.0 Å². The number of carboxylic acid groups (broad SMARTS) is 1. The molecule has 0 aromatic carbocycles. The molecule has 7 heteroatoms. The number of rotatable bonds is 6. The summed E-state index contributed by atoms with van der Waals surface area (Å²) in [5, 5.41) is 18.0. The fourth-order valence-electron chi connectivity index (χ4n) is 2.05. The van der Waals surface area contributed by atoms with Crippen LogP contribution in [0.25, 0.3) is 0 Å². The van der Waals surface area contributed by atoms with Crippen LogP contribution in [0.15, 0.2) is 17.3 Å². The normalized spacial score (nSPS) is 14.7. The zero-order valence-corrected chi connectivity index (χ0v) is 12.7. The minimum absolute atomic E-state index is 0.0201. The van der Waals surface area contributed by atoms with Crippen molar-refractivity contribution in [3.05, 3.63) is 27.7 Å². The van der Waals surface area contributed by atoms with Crippen LogP contribution in [0.1, 0.15) is 34.3 Å². The Hall–Kier alpha value is -1.34. The number of thioether (sulfide) groups is 1. The summed E-state index contributed by atoms with van der Waals surface area (Å²) in [5.41, 5.74) is 0. The van der Waals surface area contributed by atoms with Crippen molar-refractivity contribution in [2.24, 2.45) is 0 Å². The van der Waals surface area contributed by atoms with Gasteiger partial charge in [0.2, 0.25) is 0 Å². The third-order valence-electron chi connectivity index (χ3n) is 3.12. The van der Waals surface area contributed by atoms with Crippen molar-refractivity contribution in [3.63, 3.8) is 0 Å². The third-order valence-corrected chi connectivity index (χ3v) is 5.06. The first kappa shape index (κ1) is 13.6. The van der Waals surface area contributed by atoms with Crippen LogP contribution in [-0.2, 0) is 11.3 Å². The molecule has 1 saturated carbocycles. The summed E-state index contributed by atoms with van der Waals surface area (Å²) in [6, 6.07) is 4.22. The SMILES string of the molecule is Cc1ccc(Cn2c(SCC(=O)O)nnc2C2CC2)s1. The van der Waals surface area contributed by atoms with Crippen molar-refractivity contribution < 1.29 is 9.90 Å². The van der Waals surface area contributed by atoms with Crippen LogP contribution in [0.2, 0.25) is 0 Å². The van der Waals surface area contributed by atoms with Gasteiger partial charge < -0.3 is 9.67 Å². The minimum atomic E-state index is -0.829. The Morgan fingerprint density at radius 2 is 2.30 bits per heavy atom. The van der Waals surface area contributed by atoms with Gasteiger partial charge in [0.1, 0.15) is 5.82 Å². The highest BCUT2D eigenvalue weighted by atomic mass is 32.2. The predicted octanol–water partition coefficient (Wildman–Crippen LogP) is 2.75. The van der Waals surface area contributed by atoms with Gasteiger partial charge in [-0.05, 0) is 31.9 Å². The average Bonchev–Trinajstić information content (AvgIpc) is 3.05. The van der Waals surface area contributed by atoms with E-state index in [9.17, 15) is 4.79 Å². The largest absolute Gasteiger partial charge is 0.481 e. The van der Waals surface area contributed by atoms with Crippen LogP contribution in [0.5, 0.6) is 0 Å². The Balaban J connectivity index is 1.84. The van der Waals surface area contributed by atoms with E-state index in [0.29, 0.717) is 11.1 Å². The molecule has 0 saturated heterocycles. The Morgan fingerprint density at radius 3 is 2.90 bits per heavy atom.